The van der Waals surface area contributed by atoms with Crippen molar-refractivity contribution in [3.8, 4) is 0 Å². The van der Waals surface area contributed by atoms with Crippen LogP contribution in [0.5, 0.6) is 0 Å². The Labute approximate surface area is 101 Å². The standard InChI is InChI=1S/C12H20N2OS/c1-9-3-6-16-12(9)10(2)14-4-5-15-11(7-13)8-14/h3,6,10-11H,4-5,7-8,13H2,1-2H3. The minimum absolute atomic E-state index is 0.205. The Kier molecular flexibility index (Phi) is 3.97. The first-order valence-electron chi connectivity index (χ1n) is 5.82. The van der Waals surface area contributed by atoms with E-state index in [1.54, 1.807) is 0 Å². The van der Waals surface area contributed by atoms with Crippen molar-refractivity contribution in [2.24, 2.45) is 5.73 Å². The molecule has 2 heterocycles. The minimum atomic E-state index is 0.205. The Morgan fingerprint density at radius 3 is 3.12 bits per heavy atom. The zero-order chi connectivity index (χ0) is 11.5. The van der Waals surface area contributed by atoms with Gasteiger partial charge in [0.2, 0.25) is 0 Å². The molecule has 0 spiro atoms. The molecule has 1 saturated heterocycles. The van der Waals surface area contributed by atoms with Gasteiger partial charge in [0.05, 0.1) is 12.7 Å². The van der Waals surface area contributed by atoms with E-state index in [1.807, 2.05) is 11.3 Å². The first-order valence-corrected chi connectivity index (χ1v) is 6.70. The van der Waals surface area contributed by atoms with Crippen LogP contribution < -0.4 is 5.73 Å². The molecule has 4 heteroatoms. The van der Waals surface area contributed by atoms with E-state index in [-0.39, 0.29) is 6.10 Å². The summed E-state index contributed by atoms with van der Waals surface area (Å²) in [4.78, 5) is 3.94. The fourth-order valence-electron chi connectivity index (χ4n) is 2.21. The summed E-state index contributed by atoms with van der Waals surface area (Å²) >= 11 is 1.85. The van der Waals surface area contributed by atoms with E-state index >= 15 is 0 Å². The number of rotatable bonds is 3. The third-order valence-corrected chi connectivity index (χ3v) is 4.45. The van der Waals surface area contributed by atoms with Crippen LogP contribution in [0.15, 0.2) is 11.4 Å². The van der Waals surface area contributed by atoms with Crippen LogP contribution in [0.1, 0.15) is 23.4 Å². The van der Waals surface area contributed by atoms with Crippen molar-refractivity contribution < 1.29 is 4.74 Å². The van der Waals surface area contributed by atoms with Gasteiger partial charge in [-0.1, -0.05) is 0 Å². The maximum absolute atomic E-state index is 5.67. The predicted molar refractivity (Wildman–Crippen MR) is 67.8 cm³/mol. The van der Waals surface area contributed by atoms with Crippen LogP contribution in [0.2, 0.25) is 0 Å². The summed E-state index contributed by atoms with van der Waals surface area (Å²) in [5, 5.41) is 2.17. The van der Waals surface area contributed by atoms with Crippen molar-refractivity contribution in [3.63, 3.8) is 0 Å². The van der Waals surface area contributed by atoms with Crippen LogP contribution in [0, 0.1) is 6.92 Å². The molecule has 16 heavy (non-hydrogen) atoms. The average molecular weight is 240 g/mol. The molecule has 2 N–H and O–H groups in total. The quantitative estimate of drug-likeness (QED) is 0.875. The molecule has 2 rings (SSSR count). The van der Waals surface area contributed by atoms with Gasteiger partial charge in [-0.05, 0) is 30.9 Å². The van der Waals surface area contributed by atoms with Crippen LogP contribution >= 0.6 is 11.3 Å². The van der Waals surface area contributed by atoms with E-state index in [2.05, 4.69) is 30.2 Å². The van der Waals surface area contributed by atoms with Gasteiger partial charge in [-0.2, -0.15) is 0 Å². The summed E-state index contributed by atoms with van der Waals surface area (Å²) < 4.78 is 5.59. The maximum Gasteiger partial charge on any atom is 0.0824 e. The lowest BCUT2D eigenvalue weighted by Gasteiger charge is -2.36. The number of thiophene rings is 1. The molecule has 0 aromatic carbocycles. The summed E-state index contributed by atoms with van der Waals surface area (Å²) in [6.07, 6.45) is 0.205. The lowest BCUT2D eigenvalue weighted by molar-refractivity contribution is -0.0360. The third-order valence-electron chi connectivity index (χ3n) is 3.26. The van der Waals surface area contributed by atoms with Gasteiger partial charge in [0, 0.05) is 30.6 Å². The largest absolute Gasteiger partial charge is 0.374 e. The van der Waals surface area contributed by atoms with Crippen molar-refractivity contribution in [1.29, 1.82) is 0 Å². The second kappa shape index (κ2) is 5.27. The molecule has 1 aromatic rings. The molecule has 3 nitrogen and oxygen atoms in total. The van der Waals surface area contributed by atoms with Gasteiger partial charge in [-0.15, -0.1) is 11.3 Å². The van der Waals surface area contributed by atoms with E-state index in [4.69, 9.17) is 10.5 Å². The molecule has 1 aliphatic rings. The predicted octanol–water partition coefficient (Wildman–Crippen LogP) is 1.78. The molecule has 1 aromatic heterocycles. The smallest absolute Gasteiger partial charge is 0.0824 e. The van der Waals surface area contributed by atoms with Crippen molar-refractivity contribution in [2.75, 3.05) is 26.2 Å². The molecular formula is C12H20N2OS. The zero-order valence-corrected chi connectivity index (χ0v) is 10.8. The van der Waals surface area contributed by atoms with Gasteiger partial charge in [0.1, 0.15) is 0 Å². The van der Waals surface area contributed by atoms with E-state index in [0.29, 0.717) is 12.6 Å². The maximum atomic E-state index is 5.67. The Balaban J connectivity index is 2.04. The van der Waals surface area contributed by atoms with Gasteiger partial charge >= 0.3 is 0 Å². The number of nitrogens with zero attached hydrogens (tertiary/aromatic N) is 1. The number of ether oxygens (including phenoxy) is 1. The molecule has 0 saturated carbocycles. The zero-order valence-electron chi connectivity index (χ0n) is 9.98. The Hall–Kier alpha value is -0.420. The van der Waals surface area contributed by atoms with Crippen LogP contribution in [0.4, 0.5) is 0 Å². The van der Waals surface area contributed by atoms with Crippen molar-refractivity contribution in [3.05, 3.63) is 21.9 Å². The number of aryl methyl sites for hydroxylation is 1. The van der Waals surface area contributed by atoms with E-state index in [9.17, 15) is 0 Å². The molecule has 1 fully saturated rings. The van der Waals surface area contributed by atoms with Gasteiger partial charge in [-0.3, -0.25) is 4.90 Å². The number of morpholine rings is 1. The number of hydrogen-bond donors (Lipinski definition) is 1. The minimum Gasteiger partial charge on any atom is -0.374 e. The normalized spacial score (nSPS) is 24.6. The molecule has 2 unspecified atom stereocenters. The number of nitrogens with two attached hydrogens (primary N) is 1. The Morgan fingerprint density at radius 2 is 2.50 bits per heavy atom. The second-order valence-corrected chi connectivity index (χ2v) is 5.31. The molecule has 0 radical (unpaired) electrons. The van der Waals surface area contributed by atoms with Gasteiger partial charge in [0.15, 0.2) is 0 Å². The van der Waals surface area contributed by atoms with Crippen LogP contribution in [-0.2, 0) is 4.74 Å². The van der Waals surface area contributed by atoms with Crippen molar-refractivity contribution >= 4 is 11.3 Å². The lowest BCUT2D eigenvalue weighted by Crippen LogP contribution is -2.46. The van der Waals surface area contributed by atoms with Crippen molar-refractivity contribution in [1.82, 2.24) is 4.90 Å². The Bertz CT molecular complexity index is 340. The van der Waals surface area contributed by atoms with E-state index < -0.39 is 0 Å². The SMILES string of the molecule is Cc1ccsc1C(C)N1CCOC(CN)C1. The highest BCUT2D eigenvalue weighted by Gasteiger charge is 2.25. The van der Waals surface area contributed by atoms with Gasteiger partial charge in [-0.25, -0.2) is 0 Å². The monoisotopic (exact) mass is 240 g/mol. The van der Waals surface area contributed by atoms with Crippen LogP contribution in [0.25, 0.3) is 0 Å². The first-order chi connectivity index (χ1) is 7.72. The summed E-state index contributed by atoms with van der Waals surface area (Å²) in [6.45, 7) is 7.84. The van der Waals surface area contributed by atoms with Crippen LogP contribution in [-0.4, -0.2) is 37.2 Å². The summed E-state index contributed by atoms with van der Waals surface area (Å²) in [5.74, 6) is 0. The summed E-state index contributed by atoms with van der Waals surface area (Å²) in [5.41, 5.74) is 7.06. The fourth-order valence-corrected chi connectivity index (χ4v) is 3.23. The molecule has 1 aliphatic heterocycles. The highest BCUT2D eigenvalue weighted by atomic mass is 32.1. The first kappa shape index (κ1) is 12.0. The molecule has 0 amide bonds. The molecule has 0 bridgehead atoms. The second-order valence-electron chi connectivity index (χ2n) is 4.37. The topological polar surface area (TPSA) is 38.5 Å². The Morgan fingerprint density at radius 1 is 1.69 bits per heavy atom. The summed E-state index contributed by atoms with van der Waals surface area (Å²) in [7, 11) is 0. The fraction of sp³-hybridized carbons (Fsp3) is 0.667. The molecular weight excluding hydrogens is 220 g/mol. The van der Waals surface area contributed by atoms with E-state index in [1.165, 1.54) is 10.4 Å². The van der Waals surface area contributed by atoms with Crippen molar-refractivity contribution in [2.45, 2.75) is 26.0 Å². The summed E-state index contributed by atoms with van der Waals surface area (Å²) in [6, 6.07) is 2.68. The number of hydrogen-bond acceptors (Lipinski definition) is 4. The van der Waals surface area contributed by atoms with Gasteiger partial charge < -0.3 is 10.5 Å². The average Bonchev–Trinajstić information content (AvgIpc) is 2.74. The third kappa shape index (κ3) is 2.46. The molecule has 2 atom stereocenters. The molecule has 0 aliphatic carbocycles. The van der Waals surface area contributed by atoms with Crippen LogP contribution in [0.3, 0.4) is 0 Å². The highest BCUT2D eigenvalue weighted by molar-refractivity contribution is 7.10. The van der Waals surface area contributed by atoms with E-state index in [0.717, 1.165) is 19.7 Å². The highest BCUT2D eigenvalue weighted by Crippen LogP contribution is 2.29. The van der Waals surface area contributed by atoms with Gasteiger partial charge in [0.25, 0.3) is 0 Å². The lowest BCUT2D eigenvalue weighted by atomic mass is 10.1. The molecule has 90 valence electrons.